The Kier molecular flexibility index (Phi) is 7.80. The van der Waals surface area contributed by atoms with E-state index in [0.29, 0.717) is 19.8 Å². The summed E-state index contributed by atoms with van der Waals surface area (Å²) in [5.41, 5.74) is 1.70. The van der Waals surface area contributed by atoms with Crippen LogP contribution < -0.4 is 10.3 Å². The highest BCUT2D eigenvalue weighted by atomic mass is 16.5. The number of aromatic nitrogens is 1. The molecule has 0 aliphatic heterocycles. The van der Waals surface area contributed by atoms with Crippen LogP contribution in [0.15, 0.2) is 77.7 Å². The van der Waals surface area contributed by atoms with Crippen LogP contribution in [0.5, 0.6) is 5.75 Å². The number of hydrogen-bond acceptors (Lipinski definition) is 5. The predicted octanol–water partition coefficient (Wildman–Crippen LogP) is 3.82. The number of carbonyl (C=O) groups excluding carboxylic acids is 1. The molecular weight excluding hydrogens is 382 g/mol. The zero-order chi connectivity index (χ0) is 21.2. The van der Waals surface area contributed by atoms with E-state index in [9.17, 15) is 9.59 Å². The topological polar surface area (TPSA) is 66.8 Å². The van der Waals surface area contributed by atoms with Gasteiger partial charge in [-0.1, -0.05) is 60.7 Å². The molecule has 0 aliphatic rings. The van der Waals surface area contributed by atoms with E-state index in [0.717, 1.165) is 11.1 Å². The molecule has 1 aromatic heterocycles. The minimum atomic E-state index is -0.579. The number of benzene rings is 2. The molecule has 30 heavy (non-hydrogen) atoms. The van der Waals surface area contributed by atoms with Crippen molar-refractivity contribution >= 4 is 5.97 Å². The number of hydrogen-bond donors (Lipinski definition) is 0. The van der Waals surface area contributed by atoms with Crippen molar-refractivity contribution in [3.8, 4) is 5.75 Å². The van der Waals surface area contributed by atoms with E-state index in [4.69, 9.17) is 14.2 Å². The molecule has 0 saturated heterocycles. The molecule has 0 saturated carbocycles. The SMILES string of the molecule is CCOC(=O)c1ccn(CCOCc2ccccc2)c(=O)c1OCc1ccccc1. The van der Waals surface area contributed by atoms with Gasteiger partial charge in [-0.25, -0.2) is 4.79 Å². The van der Waals surface area contributed by atoms with Crippen LogP contribution in [0, 0.1) is 0 Å². The van der Waals surface area contributed by atoms with Gasteiger partial charge in [-0.15, -0.1) is 0 Å². The van der Waals surface area contributed by atoms with Gasteiger partial charge in [-0.3, -0.25) is 4.79 Å². The van der Waals surface area contributed by atoms with Crippen molar-refractivity contribution in [1.29, 1.82) is 0 Å². The summed E-state index contributed by atoms with van der Waals surface area (Å²) >= 11 is 0. The van der Waals surface area contributed by atoms with E-state index in [1.54, 1.807) is 19.2 Å². The minimum Gasteiger partial charge on any atom is -0.482 e. The number of nitrogens with zero attached hydrogens (tertiary/aromatic N) is 1. The Labute approximate surface area is 175 Å². The summed E-state index contributed by atoms with van der Waals surface area (Å²) in [6.45, 7) is 3.27. The Morgan fingerprint density at radius 2 is 1.53 bits per heavy atom. The Balaban J connectivity index is 1.72. The van der Waals surface area contributed by atoms with Crippen LogP contribution in [0.4, 0.5) is 0 Å². The quantitative estimate of drug-likeness (QED) is 0.378. The van der Waals surface area contributed by atoms with E-state index in [1.165, 1.54) is 4.57 Å². The van der Waals surface area contributed by atoms with Crippen LogP contribution in [0.3, 0.4) is 0 Å². The van der Waals surface area contributed by atoms with Gasteiger partial charge < -0.3 is 18.8 Å². The van der Waals surface area contributed by atoms with Crippen molar-refractivity contribution in [3.05, 3.63) is 100.0 Å². The first-order valence-electron chi connectivity index (χ1n) is 9.88. The summed E-state index contributed by atoms with van der Waals surface area (Å²) in [4.78, 5) is 25.2. The van der Waals surface area contributed by atoms with E-state index < -0.39 is 5.97 Å². The predicted molar refractivity (Wildman–Crippen MR) is 114 cm³/mol. The second-order valence-electron chi connectivity index (χ2n) is 6.59. The minimum absolute atomic E-state index is 0.0112. The van der Waals surface area contributed by atoms with E-state index in [2.05, 4.69) is 0 Å². The molecule has 0 aliphatic carbocycles. The largest absolute Gasteiger partial charge is 0.482 e. The van der Waals surface area contributed by atoms with Gasteiger partial charge >= 0.3 is 5.97 Å². The number of rotatable bonds is 10. The summed E-state index contributed by atoms with van der Waals surface area (Å²) in [6, 6.07) is 20.8. The summed E-state index contributed by atoms with van der Waals surface area (Å²) in [5.74, 6) is -0.590. The summed E-state index contributed by atoms with van der Waals surface area (Å²) in [7, 11) is 0. The monoisotopic (exact) mass is 407 g/mol. The second kappa shape index (κ2) is 11.0. The third kappa shape index (κ3) is 5.81. The van der Waals surface area contributed by atoms with Crippen molar-refractivity contribution in [2.75, 3.05) is 13.2 Å². The fraction of sp³-hybridized carbons (Fsp3) is 0.250. The molecule has 3 aromatic rings. The molecule has 1 heterocycles. The molecule has 0 bridgehead atoms. The maximum Gasteiger partial charge on any atom is 0.342 e. The molecule has 0 fully saturated rings. The average molecular weight is 407 g/mol. The highest BCUT2D eigenvalue weighted by Gasteiger charge is 2.19. The smallest absolute Gasteiger partial charge is 0.342 e. The molecular formula is C24H25NO5. The molecule has 0 radical (unpaired) electrons. The number of esters is 1. The Bertz CT molecular complexity index is 999. The lowest BCUT2D eigenvalue weighted by molar-refractivity contribution is 0.0520. The van der Waals surface area contributed by atoms with Gasteiger partial charge in [0.15, 0.2) is 5.75 Å². The highest BCUT2D eigenvalue weighted by molar-refractivity contribution is 5.92. The lowest BCUT2D eigenvalue weighted by Gasteiger charge is -2.14. The summed E-state index contributed by atoms with van der Waals surface area (Å²) < 4.78 is 18.0. The van der Waals surface area contributed by atoms with E-state index in [-0.39, 0.29) is 30.1 Å². The standard InChI is InChI=1S/C24H25NO5/c1-2-29-24(27)21-13-14-25(15-16-28-17-19-9-5-3-6-10-19)23(26)22(21)30-18-20-11-7-4-8-12-20/h3-14H,2,15-18H2,1H3. The number of ether oxygens (including phenoxy) is 3. The van der Waals surface area contributed by atoms with Gasteiger partial charge in [0.1, 0.15) is 12.2 Å². The van der Waals surface area contributed by atoms with Crippen molar-refractivity contribution in [2.24, 2.45) is 0 Å². The zero-order valence-corrected chi connectivity index (χ0v) is 17.0. The van der Waals surface area contributed by atoms with E-state index in [1.807, 2.05) is 60.7 Å². The Morgan fingerprint density at radius 1 is 0.900 bits per heavy atom. The first-order valence-corrected chi connectivity index (χ1v) is 9.88. The molecule has 6 nitrogen and oxygen atoms in total. The zero-order valence-electron chi connectivity index (χ0n) is 17.0. The summed E-state index contributed by atoms with van der Waals surface area (Å²) in [6.07, 6.45) is 1.57. The Morgan fingerprint density at radius 3 is 2.17 bits per heavy atom. The van der Waals surface area contributed by atoms with Gasteiger partial charge in [0.05, 0.1) is 19.8 Å². The first-order chi connectivity index (χ1) is 14.7. The van der Waals surface area contributed by atoms with Crippen LogP contribution in [0.25, 0.3) is 0 Å². The lowest BCUT2D eigenvalue weighted by atomic mass is 10.2. The molecule has 0 spiro atoms. The fourth-order valence-corrected chi connectivity index (χ4v) is 2.90. The third-order valence-corrected chi connectivity index (χ3v) is 4.43. The van der Waals surface area contributed by atoms with Gasteiger partial charge in [0, 0.05) is 12.7 Å². The normalized spacial score (nSPS) is 10.6. The fourth-order valence-electron chi connectivity index (χ4n) is 2.90. The molecule has 0 unspecified atom stereocenters. The number of pyridine rings is 1. The van der Waals surface area contributed by atoms with Crippen molar-refractivity contribution in [3.63, 3.8) is 0 Å². The Hall–Kier alpha value is -3.38. The van der Waals surface area contributed by atoms with Gasteiger partial charge in [-0.2, -0.15) is 0 Å². The maximum atomic E-state index is 13.0. The van der Waals surface area contributed by atoms with Crippen LogP contribution in [-0.4, -0.2) is 23.8 Å². The number of carbonyl (C=O) groups is 1. The lowest BCUT2D eigenvalue weighted by Crippen LogP contribution is -2.26. The first kappa shape index (κ1) is 21.3. The molecule has 0 atom stereocenters. The molecule has 6 heteroatoms. The van der Waals surface area contributed by atoms with Gasteiger partial charge in [0.2, 0.25) is 0 Å². The van der Waals surface area contributed by atoms with Crippen LogP contribution >= 0.6 is 0 Å². The van der Waals surface area contributed by atoms with Crippen molar-refractivity contribution < 1.29 is 19.0 Å². The second-order valence-corrected chi connectivity index (χ2v) is 6.59. The van der Waals surface area contributed by atoms with Crippen molar-refractivity contribution in [1.82, 2.24) is 4.57 Å². The molecule has 2 aromatic carbocycles. The summed E-state index contributed by atoms with van der Waals surface area (Å²) in [5, 5.41) is 0. The molecule has 0 N–H and O–H groups in total. The molecule has 156 valence electrons. The molecule has 3 rings (SSSR count). The van der Waals surface area contributed by atoms with Gasteiger partial charge in [0.25, 0.3) is 5.56 Å². The average Bonchev–Trinajstić information content (AvgIpc) is 2.78. The van der Waals surface area contributed by atoms with Crippen molar-refractivity contribution in [2.45, 2.75) is 26.7 Å². The highest BCUT2D eigenvalue weighted by Crippen LogP contribution is 2.16. The van der Waals surface area contributed by atoms with Crippen LogP contribution in [-0.2, 0) is 29.2 Å². The van der Waals surface area contributed by atoms with Gasteiger partial charge in [-0.05, 0) is 24.1 Å². The third-order valence-electron chi connectivity index (χ3n) is 4.43. The van der Waals surface area contributed by atoms with Crippen LogP contribution in [0.1, 0.15) is 28.4 Å². The van der Waals surface area contributed by atoms with E-state index >= 15 is 0 Å². The van der Waals surface area contributed by atoms with Crippen LogP contribution in [0.2, 0.25) is 0 Å². The molecule has 0 amide bonds. The maximum absolute atomic E-state index is 13.0.